The van der Waals surface area contributed by atoms with Gasteiger partial charge in [0.1, 0.15) is 5.69 Å². The molecule has 0 saturated heterocycles. The van der Waals surface area contributed by atoms with Crippen molar-refractivity contribution in [3.05, 3.63) is 50.6 Å². The third-order valence-corrected chi connectivity index (χ3v) is 7.98. The number of halogens is 1. The van der Waals surface area contributed by atoms with E-state index < -0.39 is 0 Å². The molecule has 1 unspecified atom stereocenters. The van der Waals surface area contributed by atoms with E-state index in [0.29, 0.717) is 21.8 Å². The molecule has 1 fully saturated rings. The minimum Gasteiger partial charge on any atom is -0.351 e. The summed E-state index contributed by atoms with van der Waals surface area (Å²) in [6.07, 6.45) is 3.51. The summed E-state index contributed by atoms with van der Waals surface area (Å²) in [5.74, 6) is -0.316. The van der Waals surface area contributed by atoms with Gasteiger partial charge in [-0.2, -0.15) is 0 Å². The lowest BCUT2D eigenvalue weighted by molar-refractivity contribution is 0.0889. The quantitative estimate of drug-likeness (QED) is 0.507. The maximum Gasteiger partial charge on any atom is 0.280 e. The highest BCUT2D eigenvalue weighted by Gasteiger charge is 2.32. The van der Waals surface area contributed by atoms with Crippen LogP contribution in [0.25, 0.3) is 10.9 Å². The topological polar surface area (TPSA) is 90.1 Å². The first-order chi connectivity index (χ1) is 15.9. The van der Waals surface area contributed by atoms with E-state index in [2.05, 4.69) is 39.3 Å². The highest BCUT2D eigenvalue weighted by molar-refractivity contribution is 7.13. The van der Waals surface area contributed by atoms with Gasteiger partial charge in [0.15, 0.2) is 5.01 Å². The Labute approximate surface area is 201 Å². The Kier molecular flexibility index (Phi) is 6.16. The van der Waals surface area contributed by atoms with Crippen molar-refractivity contribution < 1.29 is 9.59 Å². The van der Waals surface area contributed by atoms with Gasteiger partial charge in [-0.25, -0.2) is 4.98 Å². The van der Waals surface area contributed by atoms with Gasteiger partial charge in [0, 0.05) is 58.4 Å². The Morgan fingerprint density at radius 3 is 2.70 bits per heavy atom. The molecule has 33 heavy (non-hydrogen) atoms. The van der Waals surface area contributed by atoms with Crippen molar-refractivity contribution in [1.29, 1.82) is 0 Å². The molecule has 0 spiro atoms. The van der Waals surface area contributed by atoms with Crippen LogP contribution in [-0.4, -0.2) is 51.4 Å². The second-order valence-electron chi connectivity index (χ2n) is 9.21. The van der Waals surface area contributed by atoms with E-state index in [1.165, 1.54) is 16.2 Å². The van der Waals surface area contributed by atoms with Crippen LogP contribution in [0.3, 0.4) is 0 Å². The minimum absolute atomic E-state index is 0.103. The maximum absolute atomic E-state index is 13.0. The summed E-state index contributed by atoms with van der Waals surface area (Å²) in [5.41, 5.74) is 2.41. The third-order valence-electron chi connectivity index (χ3n) is 6.66. The van der Waals surface area contributed by atoms with Crippen molar-refractivity contribution in [2.24, 2.45) is 0 Å². The van der Waals surface area contributed by atoms with Crippen molar-refractivity contribution >= 4 is 45.7 Å². The number of carbonyl (C=O) groups is 2. The Morgan fingerprint density at radius 1 is 1.18 bits per heavy atom. The number of amides is 2. The molecule has 2 aromatic heterocycles. The zero-order chi connectivity index (χ0) is 23.1. The molecule has 1 aliphatic carbocycles. The predicted octanol–water partition coefficient (Wildman–Crippen LogP) is 4.13. The largest absolute Gasteiger partial charge is 0.351 e. The summed E-state index contributed by atoms with van der Waals surface area (Å²) in [6, 6.07) is 7.56. The zero-order valence-electron chi connectivity index (χ0n) is 18.8. The summed E-state index contributed by atoms with van der Waals surface area (Å²) in [7, 11) is 0. The fourth-order valence-corrected chi connectivity index (χ4v) is 5.98. The number of aromatic nitrogens is 2. The molecule has 1 aliphatic heterocycles. The summed E-state index contributed by atoms with van der Waals surface area (Å²) >= 11 is 7.55. The Bertz CT molecular complexity index is 1200. The van der Waals surface area contributed by atoms with Gasteiger partial charge < -0.3 is 15.6 Å². The minimum atomic E-state index is -0.174. The number of aromatic amines is 1. The van der Waals surface area contributed by atoms with E-state index in [1.54, 1.807) is 12.1 Å². The molecule has 7 nitrogen and oxygen atoms in total. The van der Waals surface area contributed by atoms with E-state index in [0.717, 1.165) is 55.4 Å². The molecule has 0 bridgehead atoms. The van der Waals surface area contributed by atoms with E-state index >= 15 is 0 Å². The van der Waals surface area contributed by atoms with Gasteiger partial charge in [-0.15, -0.1) is 11.3 Å². The molecule has 1 saturated carbocycles. The van der Waals surface area contributed by atoms with Gasteiger partial charge in [0.05, 0.1) is 5.69 Å². The van der Waals surface area contributed by atoms with E-state index in [4.69, 9.17) is 11.6 Å². The second kappa shape index (κ2) is 9.08. The monoisotopic (exact) mass is 485 g/mol. The Hall–Kier alpha value is -2.42. The summed E-state index contributed by atoms with van der Waals surface area (Å²) in [4.78, 5) is 37.2. The van der Waals surface area contributed by atoms with Crippen LogP contribution in [-0.2, 0) is 13.0 Å². The van der Waals surface area contributed by atoms with Crippen molar-refractivity contribution in [2.75, 3.05) is 6.54 Å². The number of thiazole rings is 1. The highest BCUT2D eigenvalue weighted by atomic mass is 35.5. The van der Waals surface area contributed by atoms with E-state index in [-0.39, 0.29) is 23.9 Å². The molecule has 1 aromatic carbocycles. The number of hydrogen-bond acceptors (Lipinski definition) is 5. The van der Waals surface area contributed by atoms with Crippen LogP contribution in [0.1, 0.15) is 64.0 Å². The first kappa shape index (κ1) is 22.4. The SMILES string of the molecule is CC(C)N1CCc2nc(C(=O)NC3CCC[C@H]3NC(=O)c3cc4cc(Cl)ccc4[nH]3)sc2C1. The number of fused-ring (bicyclic) bond motifs is 2. The molecule has 174 valence electrons. The number of nitrogens with one attached hydrogen (secondary N) is 3. The average Bonchev–Trinajstić information content (AvgIpc) is 3.50. The lowest BCUT2D eigenvalue weighted by Crippen LogP contribution is -2.48. The normalized spacial score (nSPS) is 20.8. The van der Waals surface area contributed by atoms with Gasteiger partial charge >= 0.3 is 0 Å². The first-order valence-electron chi connectivity index (χ1n) is 11.5. The number of carbonyl (C=O) groups excluding carboxylic acids is 2. The molecule has 3 aromatic rings. The smallest absolute Gasteiger partial charge is 0.280 e. The van der Waals surface area contributed by atoms with Gasteiger partial charge in [0.25, 0.3) is 11.8 Å². The lowest BCUT2D eigenvalue weighted by atomic mass is 10.1. The Morgan fingerprint density at radius 2 is 1.94 bits per heavy atom. The van der Waals surface area contributed by atoms with Crippen molar-refractivity contribution in [2.45, 2.75) is 64.2 Å². The molecule has 2 amide bonds. The zero-order valence-corrected chi connectivity index (χ0v) is 20.4. The molecule has 3 N–H and O–H groups in total. The van der Waals surface area contributed by atoms with Gasteiger partial charge in [-0.05, 0) is 57.4 Å². The number of H-pyrrole nitrogens is 1. The molecule has 5 rings (SSSR count). The number of rotatable bonds is 5. The average molecular weight is 486 g/mol. The molecule has 9 heteroatoms. The van der Waals surface area contributed by atoms with Crippen molar-refractivity contribution in [1.82, 2.24) is 25.5 Å². The summed E-state index contributed by atoms with van der Waals surface area (Å²) in [6.45, 7) is 6.22. The second-order valence-corrected chi connectivity index (χ2v) is 10.7. The third kappa shape index (κ3) is 4.65. The Balaban J connectivity index is 1.23. The fraction of sp³-hybridized carbons (Fsp3) is 0.458. The number of hydrogen-bond donors (Lipinski definition) is 3. The molecular weight excluding hydrogens is 458 g/mol. The van der Waals surface area contributed by atoms with Crippen LogP contribution >= 0.6 is 22.9 Å². The van der Waals surface area contributed by atoms with E-state index in [1.807, 2.05) is 12.1 Å². The van der Waals surface area contributed by atoms with Crippen LogP contribution < -0.4 is 10.6 Å². The van der Waals surface area contributed by atoms with Crippen LogP contribution in [0, 0.1) is 0 Å². The summed E-state index contributed by atoms with van der Waals surface area (Å²) < 4.78 is 0. The van der Waals surface area contributed by atoms with Crippen molar-refractivity contribution in [3.63, 3.8) is 0 Å². The predicted molar refractivity (Wildman–Crippen MR) is 131 cm³/mol. The number of benzene rings is 1. The molecule has 2 aliphatic rings. The molecular formula is C24H28ClN5O2S. The van der Waals surface area contributed by atoms with Crippen molar-refractivity contribution in [3.8, 4) is 0 Å². The molecule has 3 heterocycles. The van der Waals surface area contributed by atoms with Crippen LogP contribution in [0.2, 0.25) is 5.02 Å². The lowest BCUT2D eigenvalue weighted by Gasteiger charge is -2.29. The fourth-order valence-electron chi connectivity index (χ4n) is 4.76. The first-order valence-corrected chi connectivity index (χ1v) is 12.7. The maximum atomic E-state index is 13.0. The summed E-state index contributed by atoms with van der Waals surface area (Å²) in [5, 5.41) is 8.29. The van der Waals surface area contributed by atoms with Gasteiger partial charge in [-0.1, -0.05) is 11.6 Å². The number of nitrogens with zero attached hydrogens (tertiary/aromatic N) is 2. The van der Waals surface area contributed by atoms with E-state index in [9.17, 15) is 9.59 Å². The standard InChI is InChI=1S/C24H28ClN5O2S/c1-13(2)30-9-8-19-21(12-30)33-24(29-19)23(32)28-18-5-3-4-17(18)27-22(31)20-11-14-10-15(25)6-7-16(14)26-20/h6-7,10-11,13,17-18,26H,3-5,8-9,12H2,1-2H3,(H,27,31)(H,28,32)/t17-,18?/m1/s1. The molecule has 0 radical (unpaired) electrons. The highest BCUT2D eigenvalue weighted by Crippen LogP contribution is 2.27. The molecule has 2 atom stereocenters. The van der Waals surface area contributed by atoms with Crippen LogP contribution in [0.4, 0.5) is 0 Å². The van der Waals surface area contributed by atoms with Gasteiger partial charge in [-0.3, -0.25) is 14.5 Å². The van der Waals surface area contributed by atoms with Gasteiger partial charge in [0.2, 0.25) is 0 Å². The van der Waals surface area contributed by atoms with Crippen LogP contribution in [0.15, 0.2) is 24.3 Å². The van der Waals surface area contributed by atoms with Crippen LogP contribution in [0.5, 0.6) is 0 Å².